The number of benzene rings is 1. The Kier molecular flexibility index (Phi) is 3.55. The third-order valence-electron chi connectivity index (χ3n) is 2.91. The fourth-order valence-electron chi connectivity index (χ4n) is 1.96. The molecule has 19 heavy (non-hydrogen) atoms. The summed E-state index contributed by atoms with van der Waals surface area (Å²) in [6.07, 6.45) is 0. The second-order valence-corrected chi connectivity index (χ2v) is 4.45. The van der Waals surface area contributed by atoms with Crippen molar-refractivity contribution >= 4 is 5.97 Å². The molecule has 2 rings (SSSR count). The van der Waals surface area contributed by atoms with Gasteiger partial charge in [-0.25, -0.2) is 4.79 Å². The van der Waals surface area contributed by atoms with Crippen LogP contribution in [0.3, 0.4) is 0 Å². The van der Waals surface area contributed by atoms with Crippen LogP contribution in [-0.4, -0.2) is 20.9 Å². The average molecular weight is 260 g/mol. The van der Waals surface area contributed by atoms with E-state index in [1.165, 1.54) is 0 Å². The van der Waals surface area contributed by atoms with Crippen LogP contribution in [0.1, 0.15) is 27.3 Å². The first-order valence-electron chi connectivity index (χ1n) is 5.94. The standard InChI is InChI=1S/C14H16N2O3/c1-9-5-4-6-12(14(17)18)13(9)19-8-11-7-10(2)15-16(11)3/h4-7H,8H2,1-3H3,(H,17,18). The Bertz CT molecular complexity index is 617. The van der Waals surface area contributed by atoms with Crippen molar-refractivity contribution < 1.29 is 14.6 Å². The van der Waals surface area contributed by atoms with E-state index in [-0.39, 0.29) is 5.56 Å². The van der Waals surface area contributed by atoms with Gasteiger partial charge in [0.1, 0.15) is 17.9 Å². The molecule has 0 fully saturated rings. The van der Waals surface area contributed by atoms with Crippen LogP contribution in [0.2, 0.25) is 0 Å². The van der Waals surface area contributed by atoms with Crippen LogP contribution < -0.4 is 4.74 Å². The summed E-state index contributed by atoms with van der Waals surface area (Å²) in [7, 11) is 1.83. The molecule has 0 spiro atoms. The first-order valence-corrected chi connectivity index (χ1v) is 5.94. The molecular formula is C14H16N2O3. The highest BCUT2D eigenvalue weighted by atomic mass is 16.5. The number of ether oxygens (including phenoxy) is 1. The van der Waals surface area contributed by atoms with E-state index < -0.39 is 5.97 Å². The van der Waals surface area contributed by atoms with E-state index in [4.69, 9.17) is 9.84 Å². The lowest BCUT2D eigenvalue weighted by atomic mass is 10.1. The van der Waals surface area contributed by atoms with Gasteiger partial charge in [0.25, 0.3) is 0 Å². The molecule has 0 bridgehead atoms. The molecule has 1 aromatic heterocycles. The summed E-state index contributed by atoms with van der Waals surface area (Å²) < 4.78 is 7.40. The van der Waals surface area contributed by atoms with Gasteiger partial charge in [-0.1, -0.05) is 12.1 Å². The third-order valence-corrected chi connectivity index (χ3v) is 2.91. The molecule has 1 aromatic carbocycles. The molecule has 0 atom stereocenters. The highest BCUT2D eigenvalue weighted by molar-refractivity contribution is 5.91. The lowest BCUT2D eigenvalue weighted by molar-refractivity contribution is 0.0691. The smallest absolute Gasteiger partial charge is 0.339 e. The largest absolute Gasteiger partial charge is 0.486 e. The van der Waals surface area contributed by atoms with Gasteiger partial charge in [-0.3, -0.25) is 4.68 Å². The minimum atomic E-state index is -0.986. The van der Waals surface area contributed by atoms with Crippen LogP contribution in [-0.2, 0) is 13.7 Å². The van der Waals surface area contributed by atoms with Crippen molar-refractivity contribution in [2.75, 3.05) is 0 Å². The summed E-state index contributed by atoms with van der Waals surface area (Å²) in [6, 6.07) is 6.99. The molecule has 1 heterocycles. The number of aromatic carboxylic acids is 1. The minimum Gasteiger partial charge on any atom is -0.486 e. The van der Waals surface area contributed by atoms with Gasteiger partial charge in [-0.15, -0.1) is 0 Å². The van der Waals surface area contributed by atoms with Gasteiger partial charge in [0.15, 0.2) is 0 Å². The molecule has 0 radical (unpaired) electrons. The van der Waals surface area contributed by atoms with Crippen LogP contribution in [0.5, 0.6) is 5.75 Å². The van der Waals surface area contributed by atoms with E-state index in [1.54, 1.807) is 16.8 Å². The lowest BCUT2D eigenvalue weighted by Gasteiger charge is -2.11. The van der Waals surface area contributed by atoms with Crippen LogP contribution in [0.15, 0.2) is 24.3 Å². The van der Waals surface area contributed by atoms with Crippen LogP contribution in [0.4, 0.5) is 0 Å². The van der Waals surface area contributed by atoms with Gasteiger partial charge < -0.3 is 9.84 Å². The maximum Gasteiger partial charge on any atom is 0.339 e. The summed E-state index contributed by atoms with van der Waals surface area (Å²) in [6.45, 7) is 4.03. The predicted octanol–water partition coefficient (Wildman–Crippen LogP) is 2.31. The molecule has 0 saturated heterocycles. The number of hydrogen-bond acceptors (Lipinski definition) is 3. The molecule has 0 aliphatic rings. The normalized spacial score (nSPS) is 10.5. The number of carboxylic acid groups (broad SMARTS) is 1. The van der Waals surface area contributed by atoms with Crippen molar-refractivity contribution in [1.82, 2.24) is 9.78 Å². The zero-order valence-corrected chi connectivity index (χ0v) is 11.2. The van der Waals surface area contributed by atoms with E-state index in [9.17, 15) is 4.79 Å². The minimum absolute atomic E-state index is 0.180. The van der Waals surface area contributed by atoms with Crippen molar-refractivity contribution in [3.8, 4) is 5.75 Å². The van der Waals surface area contributed by atoms with Crippen molar-refractivity contribution in [1.29, 1.82) is 0 Å². The number of aromatic nitrogens is 2. The van der Waals surface area contributed by atoms with Gasteiger partial charge in [0, 0.05) is 7.05 Å². The molecule has 1 N–H and O–H groups in total. The number of rotatable bonds is 4. The Balaban J connectivity index is 2.24. The third kappa shape index (κ3) is 2.76. The number of carbonyl (C=O) groups is 1. The zero-order chi connectivity index (χ0) is 14.0. The molecule has 5 nitrogen and oxygen atoms in total. The van der Waals surface area contributed by atoms with Crippen molar-refractivity contribution in [3.05, 3.63) is 46.8 Å². The Morgan fingerprint density at radius 1 is 1.42 bits per heavy atom. The predicted molar refractivity (Wildman–Crippen MR) is 70.4 cm³/mol. The molecule has 5 heteroatoms. The topological polar surface area (TPSA) is 64.3 Å². The zero-order valence-electron chi connectivity index (χ0n) is 11.2. The van der Waals surface area contributed by atoms with Crippen molar-refractivity contribution in [3.63, 3.8) is 0 Å². The monoisotopic (exact) mass is 260 g/mol. The van der Waals surface area contributed by atoms with E-state index >= 15 is 0 Å². The van der Waals surface area contributed by atoms with Crippen LogP contribution in [0, 0.1) is 13.8 Å². The summed E-state index contributed by atoms with van der Waals surface area (Å²) in [5, 5.41) is 13.4. The Morgan fingerprint density at radius 3 is 2.74 bits per heavy atom. The Labute approximate surface area is 111 Å². The molecule has 2 aromatic rings. The van der Waals surface area contributed by atoms with Crippen LogP contribution >= 0.6 is 0 Å². The van der Waals surface area contributed by atoms with Gasteiger partial charge >= 0.3 is 5.97 Å². The second-order valence-electron chi connectivity index (χ2n) is 4.45. The highest BCUT2D eigenvalue weighted by Gasteiger charge is 2.14. The highest BCUT2D eigenvalue weighted by Crippen LogP contribution is 2.24. The SMILES string of the molecule is Cc1cc(COc2c(C)cccc2C(=O)O)n(C)n1. The molecule has 0 saturated carbocycles. The molecular weight excluding hydrogens is 244 g/mol. The maximum atomic E-state index is 11.2. The van der Waals surface area contributed by atoms with Gasteiger partial charge in [0.2, 0.25) is 0 Å². The second kappa shape index (κ2) is 5.14. The molecule has 0 amide bonds. The molecule has 0 unspecified atom stereocenters. The summed E-state index contributed by atoms with van der Waals surface area (Å²) >= 11 is 0. The molecule has 0 aliphatic carbocycles. The number of carboxylic acids is 1. The Hall–Kier alpha value is -2.30. The maximum absolute atomic E-state index is 11.2. The average Bonchev–Trinajstić information content (AvgIpc) is 2.66. The first kappa shape index (κ1) is 13.1. The van der Waals surface area contributed by atoms with E-state index in [0.29, 0.717) is 12.4 Å². The van der Waals surface area contributed by atoms with Gasteiger partial charge in [0.05, 0.1) is 11.4 Å². The fraction of sp³-hybridized carbons (Fsp3) is 0.286. The van der Waals surface area contributed by atoms with E-state index in [0.717, 1.165) is 17.0 Å². The van der Waals surface area contributed by atoms with E-state index in [2.05, 4.69) is 5.10 Å². The molecule has 100 valence electrons. The number of nitrogens with zero attached hydrogens (tertiary/aromatic N) is 2. The number of aryl methyl sites for hydroxylation is 3. The molecule has 0 aliphatic heterocycles. The summed E-state index contributed by atoms with van der Waals surface area (Å²) in [5.41, 5.74) is 2.79. The number of para-hydroxylation sites is 1. The van der Waals surface area contributed by atoms with Crippen molar-refractivity contribution in [2.45, 2.75) is 20.5 Å². The quantitative estimate of drug-likeness (QED) is 0.916. The lowest BCUT2D eigenvalue weighted by Crippen LogP contribution is -2.07. The van der Waals surface area contributed by atoms with Gasteiger partial charge in [-0.2, -0.15) is 5.10 Å². The van der Waals surface area contributed by atoms with Crippen molar-refractivity contribution in [2.24, 2.45) is 7.05 Å². The Morgan fingerprint density at radius 2 is 2.16 bits per heavy atom. The van der Waals surface area contributed by atoms with E-state index in [1.807, 2.05) is 33.0 Å². The summed E-state index contributed by atoms with van der Waals surface area (Å²) in [4.78, 5) is 11.2. The first-order chi connectivity index (χ1) is 8.99. The number of hydrogen-bond donors (Lipinski definition) is 1. The van der Waals surface area contributed by atoms with Crippen LogP contribution in [0.25, 0.3) is 0 Å². The van der Waals surface area contributed by atoms with Gasteiger partial charge in [-0.05, 0) is 31.5 Å². The summed E-state index contributed by atoms with van der Waals surface area (Å²) in [5.74, 6) is -0.575. The fourth-order valence-corrected chi connectivity index (χ4v) is 1.96.